The first kappa shape index (κ1) is 23.1. The Bertz CT molecular complexity index is 1050. The Morgan fingerprint density at radius 1 is 1.10 bits per heavy atom. The SMILES string of the molecule is Cc1cc(S(=O)(=O)N2CCCCC2)ccc1OCC(=O)Nc1cccc(C(F)(F)F)c1. The van der Waals surface area contributed by atoms with E-state index < -0.39 is 34.3 Å². The van der Waals surface area contributed by atoms with Crippen LogP contribution in [0.2, 0.25) is 0 Å². The van der Waals surface area contributed by atoms with Crippen LogP contribution >= 0.6 is 0 Å². The summed E-state index contributed by atoms with van der Waals surface area (Å²) in [5, 5.41) is 2.36. The Balaban J connectivity index is 1.62. The van der Waals surface area contributed by atoms with Gasteiger partial charge < -0.3 is 10.1 Å². The molecule has 31 heavy (non-hydrogen) atoms. The number of nitrogens with zero attached hydrogens (tertiary/aromatic N) is 1. The fraction of sp³-hybridized carbons (Fsp3) is 0.381. The number of amides is 1. The highest BCUT2D eigenvalue weighted by Gasteiger charge is 2.30. The van der Waals surface area contributed by atoms with Crippen molar-refractivity contribution in [2.45, 2.75) is 37.3 Å². The molecule has 6 nitrogen and oxygen atoms in total. The Labute approximate surface area is 179 Å². The smallest absolute Gasteiger partial charge is 0.416 e. The Morgan fingerprint density at radius 2 is 1.81 bits per heavy atom. The molecule has 0 atom stereocenters. The van der Waals surface area contributed by atoms with Gasteiger partial charge in [-0.3, -0.25) is 4.79 Å². The molecule has 1 amide bonds. The lowest BCUT2D eigenvalue weighted by molar-refractivity contribution is -0.137. The molecule has 2 aromatic carbocycles. The predicted molar refractivity (Wildman–Crippen MR) is 109 cm³/mol. The van der Waals surface area contributed by atoms with Gasteiger partial charge in [0, 0.05) is 18.8 Å². The van der Waals surface area contributed by atoms with E-state index in [0.717, 1.165) is 31.4 Å². The average molecular weight is 456 g/mol. The van der Waals surface area contributed by atoms with Crippen LogP contribution in [0.3, 0.4) is 0 Å². The maximum Gasteiger partial charge on any atom is 0.416 e. The number of halogens is 3. The molecule has 1 N–H and O–H groups in total. The molecule has 1 aliphatic rings. The van der Waals surface area contributed by atoms with Gasteiger partial charge in [0.25, 0.3) is 5.91 Å². The van der Waals surface area contributed by atoms with Gasteiger partial charge in [-0.05, 0) is 61.7 Å². The topological polar surface area (TPSA) is 75.7 Å². The van der Waals surface area contributed by atoms with Crippen LogP contribution < -0.4 is 10.1 Å². The number of ether oxygens (including phenoxy) is 1. The summed E-state index contributed by atoms with van der Waals surface area (Å²) < 4.78 is 70.7. The highest BCUT2D eigenvalue weighted by atomic mass is 32.2. The molecule has 0 bridgehead atoms. The van der Waals surface area contributed by atoms with Crippen molar-refractivity contribution < 1.29 is 31.1 Å². The summed E-state index contributed by atoms with van der Waals surface area (Å²) in [5.41, 5.74) is -0.333. The minimum Gasteiger partial charge on any atom is -0.483 e. The summed E-state index contributed by atoms with van der Waals surface area (Å²) >= 11 is 0. The first-order chi connectivity index (χ1) is 14.6. The van der Waals surface area contributed by atoms with Crippen molar-refractivity contribution in [1.82, 2.24) is 4.31 Å². The van der Waals surface area contributed by atoms with Gasteiger partial charge in [0.2, 0.25) is 10.0 Å². The van der Waals surface area contributed by atoms with E-state index in [4.69, 9.17) is 4.74 Å². The second-order valence-corrected chi connectivity index (χ2v) is 9.25. The number of piperidine rings is 1. The van der Waals surface area contributed by atoms with E-state index in [2.05, 4.69) is 5.32 Å². The third-order valence-corrected chi connectivity index (χ3v) is 6.83. The van der Waals surface area contributed by atoms with Crippen LogP contribution in [0.25, 0.3) is 0 Å². The minimum atomic E-state index is -4.51. The molecule has 0 aliphatic carbocycles. The lowest BCUT2D eigenvalue weighted by atomic mass is 10.2. The van der Waals surface area contributed by atoms with Crippen molar-refractivity contribution in [2.75, 3.05) is 25.0 Å². The summed E-state index contributed by atoms with van der Waals surface area (Å²) in [6, 6.07) is 8.69. The maximum absolute atomic E-state index is 12.8. The third kappa shape index (κ3) is 5.76. The van der Waals surface area contributed by atoms with E-state index in [0.29, 0.717) is 24.4 Å². The van der Waals surface area contributed by atoms with E-state index in [1.807, 2.05) is 0 Å². The van der Waals surface area contributed by atoms with Gasteiger partial charge in [-0.1, -0.05) is 12.5 Å². The minimum absolute atomic E-state index is 0.00289. The van der Waals surface area contributed by atoms with Crippen LogP contribution in [0.4, 0.5) is 18.9 Å². The Hall–Kier alpha value is -2.59. The second-order valence-electron chi connectivity index (χ2n) is 7.31. The highest BCUT2D eigenvalue weighted by molar-refractivity contribution is 7.89. The fourth-order valence-corrected chi connectivity index (χ4v) is 4.92. The number of hydrogen-bond donors (Lipinski definition) is 1. The molecule has 0 aromatic heterocycles. The summed E-state index contributed by atoms with van der Waals surface area (Å²) in [7, 11) is -3.58. The van der Waals surface area contributed by atoms with Gasteiger partial charge in [0.05, 0.1) is 10.5 Å². The van der Waals surface area contributed by atoms with Crippen LogP contribution in [0.5, 0.6) is 5.75 Å². The van der Waals surface area contributed by atoms with Gasteiger partial charge >= 0.3 is 6.18 Å². The van der Waals surface area contributed by atoms with Crippen molar-refractivity contribution >= 4 is 21.6 Å². The zero-order chi connectivity index (χ0) is 22.6. The summed E-state index contributed by atoms with van der Waals surface area (Å²) in [6.07, 6.45) is -1.83. The molecule has 0 spiro atoms. The van der Waals surface area contributed by atoms with Crippen molar-refractivity contribution in [3.8, 4) is 5.75 Å². The van der Waals surface area contributed by atoms with E-state index in [-0.39, 0.29) is 10.6 Å². The van der Waals surface area contributed by atoms with E-state index >= 15 is 0 Å². The van der Waals surface area contributed by atoms with Gasteiger partial charge in [-0.25, -0.2) is 8.42 Å². The van der Waals surface area contributed by atoms with Gasteiger partial charge in [0.1, 0.15) is 5.75 Å². The van der Waals surface area contributed by atoms with E-state index in [9.17, 15) is 26.4 Å². The van der Waals surface area contributed by atoms with Crippen LogP contribution in [0.15, 0.2) is 47.4 Å². The van der Waals surface area contributed by atoms with Gasteiger partial charge in [0.15, 0.2) is 6.61 Å². The van der Waals surface area contributed by atoms with Crippen molar-refractivity contribution in [2.24, 2.45) is 0 Å². The van der Waals surface area contributed by atoms with E-state index in [1.165, 1.54) is 34.6 Å². The number of benzene rings is 2. The molecule has 0 unspecified atom stereocenters. The zero-order valence-electron chi connectivity index (χ0n) is 16.9. The number of carbonyl (C=O) groups is 1. The fourth-order valence-electron chi connectivity index (χ4n) is 3.31. The second kappa shape index (κ2) is 9.27. The van der Waals surface area contributed by atoms with Crippen LogP contribution in [-0.2, 0) is 21.0 Å². The number of carbonyl (C=O) groups excluding carboxylic acids is 1. The van der Waals surface area contributed by atoms with Gasteiger partial charge in [-0.2, -0.15) is 17.5 Å². The standard InChI is InChI=1S/C21H23F3N2O4S/c1-15-12-18(31(28,29)26-10-3-2-4-11-26)8-9-19(15)30-14-20(27)25-17-7-5-6-16(13-17)21(22,23)24/h5-9,12-13H,2-4,10-11,14H2,1H3,(H,25,27). The lowest BCUT2D eigenvalue weighted by Crippen LogP contribution is -2.35. The normalized spacial score (nSPS) is 15.5. The number of hydrogen-bond acceptors (Lipinski definition) is 4. The monoisotopic (exact) mass is 456 g/mol. The summed E-state index contributed by atoms with van der Waals surface area (Å²) in [6.45, 7) is 2.22. The van der Waals surface area contributed by atoms with Crippen molar-refractivity contribution in [3.05, 3.63) is 53.6 Å². The van der Waals surface area contributed by atoms with Crippen molar-refractivity contribution in [1.29, 1.82) is 0 Å². The molecule has 10 heteroatoms. The quantitative estimate of drug-likeness (QED) is 0.707. The van der Waals surface area contributed by atoms with Crippen LogP contribution in [-0.4, -0.2) is 38.3 Å². The Morgan fingerprint density at radius 3 is 2.45 bits per heavy atom. The number of anilines is 1. The average Bonchev–Trinajstić information content (AvgIpc) is 2.73. The maximum atomic E-state index is 12.8. The molecule has 168 valence electrons. The van der Waals surface area contributed by atoms with Crippen LogP contribution in [0.1, 0.15) is 30.4 Å². The molecule has 1 heterocycles. The molecular weight excluding hydrogens is 433 g/mol. The Kier molecular flexibility index (Phi) is 6.90. The molecule has 0 saturated carbocycles. The number of alkyl halides is 3. The molecule has 1 fully saturated rings. The molecule has 3 rings (SSSR count). The molecule has 0 radical (unpaired) electrons. The van der Waals surface area contributed by atoms with Gasteiger partial charge in [-0.15, -0.1) is 0 Å². The van der Waals surface area contributed by atoms with Crippen LogP contribution in [0, 0.1) is 6.92 Å². The largest absolute Gasteiger partial charge is 0.483 e. The molecular formula is C21H23F3N2O4S. The zero-order valence-corrected chi connectivity index (χ0v) is 17.7. The number of nitrogens with one attached hydrogen (secondary N) is 1. The third-order valence-electron chi connectivity index (χ3n) is 4.93. The first-order valence-corrected chi connectivity index (χ1v) is 11.2. The number of sulfonamides is 1. The molecule has 2 aromatic rings. The molecule has 1 saturated heterocycles. The molecule has 1 aliphatic heterocycles. The predicted octanol–water partition coefficient (Wildman–Crippen LogP) is 4.21. The number of aryl methyl sites for hydroxylation is 1. The van der Waals surface area contributed by atoms with E-state index in [1.54, 1.807) is 6.92 Å². The van der Waals surface area contributed by atoms with Crippen molar-refractivity contribution in [3.63, 3.8) is 0 Å². The highest BCUT2D eigenvalue weighted by Crippen LogP contribution is 2.30. The number of rotatable bonds is 6. The summed E-state index contributed by atoms with van der Waals surface area (Å²) in [4.78, 5) is 12.2. The lowest BCUT2D eigenvalue weighted by Gasteiger charge is -2.26. The first-order valence-electron chi connectivity index (χ1n) is 9.78. The summed E-state index contributed by atoms with van der Waals surface area (Å²) in [5.74, 6) is -0.319.